The highest BCUT2D eigenvalue weighted by Gasteiger charge is 2.62. The zero-order valence-electron chi connectivity index (χ0n) is 17.6. The van der Waals surface area contributed by atoms with Gasteiger partial charge in [0.25, 0.3) is 0 Å². The van der Waals surface area contributed by atoms with Crippen LogP contribution in [0.1, 0.15) is 40.5 Å². The van der Waals surface area contributed by atoms with Gasteiger partial charge in [-0.3, -0.25) is 9.59 Å². The van der Waals surface area contributed by atoms with E-state index in [-0.39, 0.29) is 42.0 Å². The number of carbonyl (C=O) groups is 3. The summed E-state index contributed by atoms with van der Waals surface area (Å²) in [6.07, 6.45) is 3.68. The maximum Gasteiger partial charge on any atom is 0.333 e. The highest BCUT2D eigenvalue weighted by atomic mass is 16.5. The van der Waals surface area contributed by atoms with Gasteiger partial charge in [-0.1, -0.05) is 32.1 Å². The lowest BCUT2D eigenvalue weighted by Gasteiger charge is -2.13. The fourth-order valence-corrected chi connectivity index (χ4v) is 3.82. The quantitative estimate of drug-likeness (QED) is 0.360. The van der Waals surface area contributed by atoms with Gasteiger partial charge in [-0.15, -0.1) is 0 Å². The molecule has 0 bridgehead atoms. The van der Waals surface area contributed by atoms with Crippen LogP contribution in [0.15, 0.2) is 34.9 Å². The van der Waals surface area contributed by atoms with Gasteiger partial charge < -0.3 is 19.7 Å². The molecule has 0 aliphatic heterocycles. The molecule has 1 fully saturated rings. The van der Waals surface area contributed by atoms with Gasteiger partial charge >= 0.3 is 11.9 Å². The first-order valence-corrected chi connectivity index (χ1v) is 9.70. The summed E-state index contributed by atoms with van der Waals surface area (Å²) in [7, 11) is 1.31. The molecule has 1 saturated carbocycles. The van der Waals surface area contributed by atoms with Gasteiger partial charge in [-0.05, 0) is 37.2 Å². The summed E-state index contributed by atoms with van der Waals surface area (Å²) >= 11 is 0. The third kappa shape index (κ3) is 5.03. The Balaban J connectivity index is 2.04. The van der Waals surface area contributed by atoms with E-state index in [0.717, 1.165) is 0 Å². The molecule has 2 aliphatic carbocycles. The Morgan fingerprint density at radius 3 is 2.59 bits per heavy atom. The van der Waals surface area contributed by atoms with Crippen LogP contribution in [0.3, 0.4) is 0 Å². The maximum atomic E-state index is 12.7. The van der Waals surface area contributed by atoms with Gasteiger partial charge in [0, 0.05) is 11.1 Å². The molecular weight excluding hydrogens is 376 g/mol. The van der Waals surface area contributed by atoms with Crippen LogP contribution in [-0.4, -0.2) is 53.9 Å². The molecule has 0 radical (unpaired) electrons. The van der Waals surface area contributed by atoms with Gasteiger partial charge in [0.2, 0.25) is 0 Å². The molecule has 0 aromatic rings. The van der Waals surface area contributed by atoms with Crippen LogP contribution >= 0.6 is 0 Å². The highest BCUT2D eigenvalue weighted by Crippen LogP contribution is 2.60. The lowest BCUT2D eigenvalue weighted by molar-refractivity contribution is -0.150. The predicted octanol–water partition coefficient (Wildman–Crippen LogP) is 1.88. The molecule has 0 heterocycles. The van der Waals surface area contributed by atoms with Crippen molar-refractivity contribution in [3.63, 3.8) is 0 Å². The number of hydrogen-bond acceptors (Lipinski definition) is 7. The molecule has 0 aromatic heterocycles. The van der Waals surface area contributed by atoms with Crippen LogP contribution < -0.4 is 0 Å². The third-order valence-corrected chi connectivity index (χ3v) is 5.89. The van der Waals surface area contributed by atoms with Gasteiger partial charge in [-0.2, -0.15) is 0 Å². The van der Waals surface area contributed by atoms with E-state index in [2.05, 4.69) is 0 Å². The van der Waals surface area contributed by atoms with Crippen molar-refractivity contribution in [2.24, 2.45) is 17.3 Å². The maximum absolute atomic E-state index is 12.7. The first-order chi connectivity index (χ1) is 13.5. The van der Waals surface area contributed by atoms with Crippen molar-refractivity contribution < 1.29 is 34.1 Å². The number of aliphatic hydroxyl groups excluding tert-OH is 2. The lowest BCUT2D eigenvalue weighted by atomic mass is 10.1. The Morgan fingerprint density at radius 1 is 1.34 bits per heavy atom. The van der Waals surface area contributed by atoms with Crippen molar-refractivity contribution in [1.29, 1.82) is 0 Å². The molecule has 0 aromatic carbocycles. The smallest absolute Gasteiger partial charge is 0.333 e. The summed E-state index contributed by atoms with van der Waals surface area (Å²) in [5.74, 6) is -1.40. The minimum Gasteiger partial charge on any atom is -0.466 e. The number of allylic oxidation sites excluding steroid dienone is 3. The Bertz CT molecular complexity index is 772. The van der Waals surface area contributed by atoms with E-state index in [0.29, 0.717) is 23.1 Å². The molecule has 0 saturated heterocycles. The fourth-order valence-electron chi connectivity index (χ4n) is 3.82. The number of hydrogen-bond donors (Lipinski definition) is 2. The number of ketones is 1. The zero-order chi connectivity index (χ0) is 21.9. The second kappa shape index (κ2) is 9.05. The highest BCUT2D eigenvalue weighted by molar-refractivity contribution is 6.00. The van der Waals surface area contributed by atoms with E-state index in [1.54, 1.807) is 26.0 Å². The zero-order valence-corrected chi connectivity index (χ0v) is 17.6. The van der Waals surface area contributed by atoms with Crippen molar-refractivity contribution in [1.82, 2.24) is 0 Å². The molecule has 29 heavy (non-hydrogen) atoms. The summed E-state index contributed by atoms with van der Waals surface area (Å²) in [5, 5.41) is 18.2. The fraction of sp³-hybridized carbons (Fsp3) is 0.591. The Hall–Kier alpha value is -2.25. The van der Waals surface area contributed by atoms with Crippen LogP contribution in [-0.2, 0) is 23.9 Å². The number of aliphatic hydroxyl groups is 2. The standard InChI is InChI=1S/C22H30O7/c1-12(20(26)28-5)9-16-19(22(16,3)4)21(27)29-18-10-17(25)15(13(18)2)8-6-7-14(24)11-23/h6-7,9,14,16,18-19,23-24H,8,10-11H2,1-5H3/b7-6+,12-9-/t14-,16+,18-,19-/m0/s1. The Labute approximate surface area is 171 Å². The molecule has 7 nitrogen and oxygen atoms in total. The second-order valence-electron chi connectivity index (χ2n) is 8.26. The minimum absolute atomic E-state index is 0.0866. The molecule has 2 rings (SSSR count). The molecule has 2 N–H and O–H groups in total. The number of Topliss-reactive ketones (excluding diaryl/α,β-unsaturated/α-hetero) is 1. The molecule has 0 unspecified atom stereocenters. The molecule has 0 amide bonds. The first kappa shape index (κ1) is 23.0. The molecular formula is C22H30O7. The van der Waals surface area contributed by atoms with E-state index in [9.17, 15) is 19.5 Å². The normalized spacial score (nSPS) is 27.3. The predicted molar refractivity (Wildman–Crippen MR) is 106 cm³/mol. The summed E-state index contributed by atoms with van der Waals surface area (Å²) < 4.78 is 10.4. The Morgan fingerprint density at radius 2 is 2.00 bits per heavy atom. The van der Waals surface area contributed by atoms with Crippen LogP contribution in [0.2, 0.25) is 0 Å². The summed E-state index contributed by atoms with van der Waals surface area (Å²) in [6, 6.07) is 0. The SMILES string of the molecule is COC(=O)/C(C)=C\[C@@H]1[C@@H](C(=O)O[C@H]2CC(=O)C(C/C=C/[C@H](O)CO)=C2C)C1(C)C. The number of esters is 2. The van der Waals surface area contributed by atoms with Crippen molar-refractivity contribution in [2.45, 2.75) is 52.7 Å². The van der Waals surface area contributed by atoms with E-state index in [1.165, 1.54) is 13.2 Å². The summed E-state index contributed by atoms with van der Waals surface area (Å²) in [4.78, 5) is 36.6. The van der Waals surface area contributed by atoms with Crippen molar-refractivity contribution in [3.8, 4) is 0 Å². The lowest BCUT2D eigenvalue weighted by Crippen LogP contribution is -2.20. The number of methoxy groups -OCH3 is 1. The topological polar surface area (TPSA) is 110 Å². The Kier molecular flexibility index (Phi) is 7.19. The van der Waals surface area contributed by atoms with Crippen molar-refractivity contribution in [2.75, 3.05) is 13.7 Å². The van der Waals surface area contributed by atoms with E-state index in [1.807, 2.05) is 13.8 Å². The second-order valence-corrected chi connectivity index (χ2v) is 8.26. The molecule has 0 spiro atoms. The molecule has 160 valence electrons. The monoisotopic (exact) mass is 406 g/mol. The van der Waals surface area contributed by atoms with E-state index >= 15 is 0 Å². The molecule has 7 heteroatoms. The average Bonchev–Trinajstić information content (AvgIpc) is 3.11. The minimum atomic E-state index is -0.962. The summed E-state index contributed by atoms with van der Waals surface area (Å²) in [6.45, 7) is 6.92. The van der Waals surface area contributed by atoms with Crippen LogP contribution in [0.5, 0.6) is 0 Å². The summed E-state index contributed by atoms with van der Waals surface area (Å²) in [5.41, 5.74) is 1.39. The number of rotatable bonds is 8. The number of ether oxygens (including phenoxy) is 2. The van der Waals surface area contributed by atoms with Crippen molar-refractivity contribution >= 4 is 17.7 Å². The molecule has 2 aliphatic rings. The largest absolute Gasteiger partial charge is 0.466 e. The van der Waals surface area contributed by atoms with Gasteiger partial charge in [0.15, 0.2) is 5.78 Å². The van der Waals surface area contributed by atoms with Gasteiger partial charge in [-0.25, -0.2) is 4.79 Å². The van der Waals surface area contributed by atoms with Crippen LogP contribution in [0.4, 0.5) is 0 Å². The first-order valence-electron chi connectivity index (χ1n) is 9.70. The third-order valence-electron chi connectivity index (χ3n) is 5.89. The van der Waals surface area contributed by atoms with Crippen LogP contribution in [0, 0.1) is 17.3 Å². The molecule has 4 atom stereocenters. The van der Waals surface area contributed by atoms with Crippen LogP contribution in [0.25, 0.3) is 0 Å². The van der Waals surface area contributed by atoms with Gasteiger partial charge in [0.1, 0.15) is 6.10 Å². The van der Waals surface area contributed by atoms with E-state index < -0.39 is 18.2 Å². The van der Waals surface area contributed by atoms with Gasteiger partial charge in [0.05, 0.1) is 32.2 Å². The number of carbonyl (C=O) groups excluding carboxylic acids is 3. The van der Waals surface area contributed by atoms with E-state index in [4.69, 9.17) is 14.6 Å². The average molecular weight is 406 g/mol. The van der Waals surface area contributed by atoms with Crippen molar-refractivity contribution in [3.05, 3.63) is 34.9 Å².